The van der Waals surface area contributed by atoms with E-state index in [1.165, 1.54) is 11.3 Å². The van der Waals surface area contributed by atoms with Gasteiger partial charge in [0.1, 0.15) is 0 Å². The SMILES string of the molecule is N#COc1ccc(Cl)s1. The quantitative estimate of drug-likeness (QED) is 0.589. The Kier molecular flexibility index (Phi) is 1.93. The average molecular weight is 160 g/mol. The van der Waals surface area contributed by atoms with Crippen molar-refractivity contribution in [2.75, 3.05) is 0 Å². The lowest BCUT2D eigenvalue weighted by molar-refractivity contribution is 0.522. The number of hydrogen-bond acceptors (Lipinski definition) is 3. The number of hydrogen-bond donors (Lipinski definition) is 0. The number of rotatable bonds is 1. The molecular weight excluding hydrogens is 158 g/mol. The van der Waals surface area contributed by atoms with Crippen molar-refractivity contribution in [3.05, 3.63) is 16.5 Å². The van der Waals surface area contributed by atoms with Gasteiger partial charge < -0.3 is 4.74 Å². The van der Waals surface area contributed by atoms with Gasteiger partial charge in [0.2, 0.25) is 0 Å². The average Bonchev–Trinajstić information content (AvgIpc) is 2.17. The van der Waals surface area contributed by atoms with Crippen LogP contribution < -0.4 is 4.74 Å². The van der Waals surface area contributed by atoms with E-state index in [2.05, 4.69) is 4.74 Å². The Bertz CT molecular complexity index is 239. The standard InChI is InChI=1S/C5H2ClNOS/c6-4-1-2-5(9-4)8-3-7/h1-2H. The zero-order chi connectivity index (χ0) is 6.69. The van der Waals surface area contributed by atoms with Crippen LogP contribution in [0.5, 0.6) is 5.06 Å². The highest BCUT2D eigenvalue weighted by Crippen LogP contribution is 2.27. The predicted molar refractivity (Wildman–Crippen MR) is 35.6 cm³/mol. The van der Waals surface area contributed by atoms with Crippen molar-refractivity contribution in [1.82, 2.24) is 0 Å². The number of nitrogens with zero attached hydrogens (tertiary/aromatic N) is 1. The molecule has 0 amide bonds. The summed E-state index contributed by atoms with van der Waals surface area (Å²) in [6.45, 7) is 0. The molecule has 0 aliphatic carbocycles. The summed E-state index contributed by atoms with van der Waals surface area (Å²) in [4.78, 5) is 0. The summed E-state index contributed by atoms with van der Waals surface area (Å²) in [6, 6.07) is 3.33. The Hall–Kier alpha value is -0.720. The monoisotopic (exact) mass is 159 g/mol. The smallest absolute Gasteiger partial charge is 0.293 e. The number of nitriles is 1. The van der Waals surface area contributed by atoms with Crippen LogP contribution >= 0.6 is 22.9 Å². The number of halogens is 1. The van der Waals surface area contributed by atoms with Gasteiger partial charge in [-0.25, -0.2) is 0 Å². The molecule has 2 nitrogen and oxygen atoms in total. The van der Waals surface area contributed by atoms with Gasteiger partial charge in [-0.3, -0.25) is 0 Å². The molecule has 46 valence electrons. The lowest BCUT2D eigenvalue weighted by atomic mass is 10.6. The third kappa shape index (κ3) is 1.60. The van der Waals surface area contributed by atoms with Crippen molar-refractivity contribution in [3.63, 3.8) is 0 Å². The van der Waals surface area contributed by atoms with Gasteiger partial charge in [-0.05, 0) is 12.1 Å². The fraction of sp³-hybridized carbons (Fsp3) is 0. The van der Waals surface area contributed by atoms with E-state index in [1.54, 1.807) is 18.4 Å². The number of ether oxygens (including phenoxy) is 1. The zero-order valence-corrected chi connectivity index (χ0v) is 5.87. The zero-order valence-electron chi connectivity index (χ0n) is 4.30. The van der Waals surface area contributed by atoms with Gasteiger partial charge in [0, 0.05) is 0 Å². The largest absolute Gasteiger partial charge is 0.377 e. The van der Waals surface area contributed by atoms with E-state index in [1.807, 2.05) is 0 Å². The van der Waals surface area contributed by atoms with Crippen LogP contribution in [0.15, 0.2) is 12.1 Å². The third-order valence-corrected chi connectivity index (χ3v) is 1.80. The van der Waals surface area contributed by atoms with Crippen molar-refractivity contribution in [2.45, 2.75) is 0 Å². The normalized spacial score (nSPS) is 8.44. The Labute approximate surface area is 61.2 Å². The minimum absolute atomic E-state index is 0.530. The summed E-state index contributed by atoms with van der Waals surface area (Å²) in [6.07, 6.45) is 1.55. The lowest BCUT2D eigenvalue weighted by Crippen LogP contribution is -1.72. The maximum absolute atomic E-state index is 8.02. The molecule has 0 aromatic carbocycles. The summed E-state index contributed by atoms with van der Waals surface area (Å²) in [5.41, 5.74) is 0. The summed E-state index contributed by atoms with van der Waals surface area (Å²) < 4.78 is 5.09. The van der Waals surface area contributed by atoms with Crippen LogP contribution in [-0.4, -0.2) is 0 Å². The Morgan fingerprint density at radius 2 is 2.44 bits per heavy atom. The van der Waals surface area contributed by atoms with Gasteiger partial charge >= 0.3 is 0 Å². The van der Waals surface area contributed by atoms with Gasteiger partial charge in [-0.1, -0.05) is 22.9 Å². The Morgan fingerprint density at radius 3 is 2.89 bits per heavy atom. The fourth-order valence-corrected chi connectivity index (χ4v) is 1.23. The molecule has 4 heteroatoms. The van der Waals surface area contributed by atoms with E-state index in [4.69, 9.17) is 16.9 Å². The van der Waals surface area contributed by atoms with Crippen LogP contribution in [0.1, 0.15) is 0 Å². The molecule has 1 rings (SSSR count). The van der Waals surface area contributed by atoms with Gasteiger partial charge in [0.25, 0.3) is 6.26 Å². The minimum Gasteiger partial charge on any atom is -0.377 e. The first kappa shape index (κ1) is 6.40. The Balaban J connectivity index is 2.76. The number of thiophene rings is 1. The molecule has 0 saturated heterocycles. The molecule has 1 aromatic heterocycles. The lowest BCUT2D eigenvalue weighted by Gasteiger charge is -1.81. The predicted octanol–water partition coefficient (Wildman–Crippen LogP) is 2.26. The van der Waals surface area contributed by atoms with Crippen LogP contribution in [0.4, 0.5) is 0 Å². The van der Waals surface area contributed by atoms with Crippen molar-refractivity contribution in [1.29, 1.82) is 5.26 Å². The molecule has 0 unspecified atom stereocenters. The summed E-state index contributed by atoms with van der Waals surface area (Å²) in [5.74, 6) is 0. The highest BCUT2D eigenvalue weighted by molar-refractivity contribution is 7.17. The van der Waals surface area contributed by atoms with Gasteiger partial charge in [0.05, 0.1) is 4.34 Å². The minimum atomic E-state index is 0.530. The molecule has 0 spiro atoms. The fourth-order valence-electron chi connectivity index (χ4n) is 0.398. The molecule has 1 aromatic rings. The molecule has 0 fully saturated rings. The first-order valence-electron chi connectivity index (χ1n) is 2.14. The maximum Gasteiger partial charge on any atom is 0.293 e. The summed E-state index contributed by atoms with van der Waals surface area (Å²) in [7, 11) is 0. The third-order valence-electron chi connectivity index (χ3n) is 0.695. The van der Waals surface area contributed by atoms with Crippen LogP contribution in [-0.2, 0) is 0 Å². The summed E-state index contributed by atoms with van der Waals surface area (Å²) >= 11 is 6.76. The topological polar surface area (TPSA) is 33.0 Å². The van der Waals surface area contributed by atoms with Crippen LogP contribution in [0.3, 0.4) is 0 Å². The highest BCUT2D eigenvalue weighted by atomic mass is 35.5. The molecule has 0 aliphatic rings. The second-order valence-electron chi connectivity index (χ2n) is 1.25. The molecular formula is C5H2ClNOS. The van der Waals surface area contributed by atoms with Crippen LogP contribution in [0, 0.1) is 11.5 Å². The van der Waals surface area contributed by atoms with Crippen molar-refractivity contribution in [2.24, 2.45) is 0 Å². The second-order valence-corrected chi connectivity index (χ2v) is 2.93. The van der Waals surface area contributed by atoms with E-state index >= 15 is 0 Å². The van der Waals surface area contributed by atoms with Crippen LogP contribution in [0.25, 0.3) is 0 Å². The van der Waals surface area contributed by atoms with Gasteiger partial charge in [-0.2, -0.15) is 0 Å². The van der Waals surface area contributed by atoms with Crippen LogP contribution in [0.2, 0.25) is 4.34 Å². The molecule has 0 atom stereocenters. The second kappa shape index (κ2) is 2.72. The van der Waals surface area contributed by atoms with Gasteiger partial charge in [-0.15, -0.1) is 5.26 Å². The van der Waals surface area contributed by atoms with E-state index in [9.17, 15) is 0 Å². The molecule has 0 aliphatic heterocycles. The van der Waals surface area contributed by atoms with E-state index in [0.717, 1.165) is 0 Å². The molecule has 0 bridgehead atoms. The van der Waals surface area contributed by atoms with Crippen molar-refractivity contribution in [3.8, 4) is 11.3 Å². The highest BCUT2D eigenvalue weighted by Gasteiger charge is 1.95. The molecule has 0 N–H and O–H groups in total. The first-order valence-corrected chi connectivity index (χ1v) is 3.33. The first-order chi connectivity index (χ1) is 4.33. The molecule has 9 heavy (non-hydrogen) atoms. The Morgan fingerprint density at radius 1 is 1.67 bits per heavy atom. The van der Waals surface area contributed by atoms with E-state index in [0.29, 0.717) is 9.40 Å². The van der Waals surface area contributed by atoms with E-state index < -0.39 is 0 Å². The van der Waals surface area contributed by atoms with Gasteiger partial charge in [0.15, 0.2) is 5.06 Å². The molecule has 1 heterocycles. The van der Waals surface area contributed by atoms with Crippen molar-refractivity contribution < 1.29 is 4.74 Å². The van der Waals surface area contributed by atoms with Crippen molar-refractivity contribution >= 4 is 22.9 Å². The van der Waals surface area contributed by atoms with E-state index in [-0.39, 0.29) is 0 Å². The molecule has 0 radical (unpaired) electrons. The molecule has 0 saturated carbocycles. The summed E-state index contributed by atoms with van der Waals surface area (Å²) in [5, 5.41) is 8.55. The maximum atomic E-state index is 8.02.